The summed E-state index contributed by atoms with van der Waals surface area (Å²) in [5.41, 5.74) is 0. The van der Waals surface area contributed by atoms with E-state index in [1.165, 1.54) is 11.9 Å². The lowest BCUT2D eigenvalue weighted by Crippen LogP contribution is -2.37. The lowest BCUT2D eigenvalue weighted by molar-refractivity contribution is -0.135. The maximum atomic E-state index is 11.9. The monoisotopic (exact) mass is 303 g/mol. The molecule has 116 valence electrons. The number of hydrogen-bond donors (Lipinski definition) is 1. The normalized spacial score (nSPS) is 10.1. The van der Waals surface area contributed by atoms with Gasteiger partial charge in [0.1, 0.15) is 11.5 Å². The number of aromatic nitrogens is 1. The second kappa shape index (κ2) is 7.26. The molecule has 2 amide bonds. The lowest BCUT2D eigenvalue weighted by atomic mass is 10.3. The molecule has 1 aromatic carbocycles. The quantitative estimate of drug-likeness (QED) is 0.873. The molecular weight excluding hydrogens is 286 g/mol. The number of nitrogens with zero attached hydrogens (tertiary/aromatic N) is 2. The van der Waals surface area contributed by atoms with E-state index in [4.69, 9.17) is 9.26 Å². The van der Waals surface area contributed by atoms with Crippen LogP contribution in [0.2, 0.25) is 0 Å². The van der Waals surface area contributed by atoms with Gasteiger partial charge >= 0.3 is 0 Å². The van der Waals surface area contributed by atoms with Gasteiger partial charge in [0, 0.05) is 13.1 Å². The second-order valence-corrected chi connectivity index (χ2v) is 4.72. The molecule has 0 saturated carbocycles. The summed E-state index contributed by atoms with van der Waals surface area (Å²) < 4.78 is 10.2. The lowest BCUT2D eigenvalue weighted by Gasteiger charge is -2.16. The average Bonchev–Trinajstić information content (AvgIpc) is 2.90. The number of nitrogens with one attached hydrogen (secondary N) is 1. The first kappa shape index (κ1) is 15.6. The standard InChI is InChI=1S/C15H17N3O4/c1-11-8-13(17-22-11)16-14(19)9-18(2)15(20)10-21-12-6-4-3-5-7-12/h3-8H,9-10H2,1-2H3,(H,16,17,19). The number of para-hydroxylation sites is 1. The predicted molar refractivity (Wildman–Crippen MR) is 79.4 cm³/mol. The van der Waals surface area contributed by atoms with Crippen molar-refractivity contribution >= 4 is 17.6 Å². The largest absolute Gasteiger partial charge is 0.484 e. The Labute approximate surface area is 127 Å². The number of carbonyl (C=O) groups excluding carboxylic acids is 2. The van der Waals surface area contributed by atoms with Crippen molar-refractivity contribution in [2.45, 2.75) is 6.92 Å². The maximum Gasteiger partial charge on any atom is 0.260 e. The van der Waals surface area contributed by atoms with Crippen molar-refractivity contribution in [1.82, 2.24) is 10.1 Å². The minimum absolute atomic E-state index is 0.0944. The van der Waals surface area contributed by atoms with Gasteiger partial charge in [0.15, 0.2) is 12.4 Å². The van der Waals surface area contributed by atoms with Crippen LogP contribution in [0.4, 0.5) is 5.82 Å². The number of rotatable bonds is 6. The van der Waals surface area contributed by atoms with Crippen LogP contribution < -0.4 is 10.1 Å². The van der Waals surface area contributed by atoms with Gasteiger partial charge in [-0.25, -0.2) is 0 Å². The zero-order chi connectivity index (χ0) is 15.9. The third kappa shape index (κ3) is 4.62. The molecule has 7 heteroatoms. The minimum atomic E-state index is -0.358. The van der Waals surface area contributed by atoms with Crippen LogP contribution in [0.15, 0.2) is 40.9 Å². The van der Waals surface area contributed by atoms with Gasteiger partial charge in [-0.3, -0.25) is 9.59 Å². The highest BCUT2D eigenvalue weighted by Crippen LogP contribution is 2.08. The Morgan fingerprint density at radius 1 is 1.32 bits per heavy atom. The molecule has 0 fully saturated rings. The van der Waals surface area contributed by atoms with Gasteiger partial charge in [-0.2, -0.15) is 0 Å². The molecule has 0 saturated heterocycles. The second-order valence-electron chi connectivity index (χ2n) is 4.72. The summed E-state index contributed by atoms with van der Waals surface area (Å²) >= 11 is 0. The van der Waals surface area contributed by atoms with Crippen LogP contribution in [-0.2, 0) is 9.59 Å². The molecule has 0 aliphatic rings. The van der Waals surface area contributed by atoms with Gasteiger partial charge < -0.3 is 19.5 Å². The zero-order valence-electron chi connectivity index (χ0n) is 12.4. The molecule has 2 aromatic rings. The molecule has 2 rings (SSSR count). The SMILES string of the molecule is Cc1cc(NC(=O)CN(C)C(=O)COc2ccccc2)no1. The average molecular weight is 303 g/mol. The van der Waals surface area contributed by atoms with E-state index in [9.17, 15) is 9.59 Å². The fourth-order valence-corrected chi connectivity index (χ4v) is 1.68. The number of carbonyl (C=O) groups is 2. The predicted octanol–water partition coefficient (Wildman–Crippen LogP) is 1.46. The van der Waals surface area contributed by atoms with Crippen LogP contribution >= 0.6 is 0 Å². The summed E-state index contributed by atoms with van der Waals surface area (Å²) in [6, 6.07) is 10.6. The molecule has 0 aliphatic heterocycles. The van der Waals surface area contributed by atoms with Crippen molar-refractivity contribution in [2.24, 2.45) is 0 Å². The van der Waals surface area contributed by atoms with Gasteiger partial charge in [0.25, 0.3) is 5.91 Å². The summed E-state index contributed by atoms with van der Waals surface area (Å²) in [5, 5.41) is 6.19. The van der Waals surface area contributed by atoms with Gasteiger partial charge in [-0.1, -0.05) is 23.4 Å². The molecule has 7 nitrogen and oxygen atoms in total. The Bertz CT molecular complexity index is 639. The number of hydrogen-bond acceptors (Lipinski definition) is 5. The Balaban J connectivity index is 1.77. The fraction of sp³-hybridized carbons (Fsp3) is 0.267. The first-order chi connectivity index (χ1) is 10.5. The maximum absolute atomic E-state index is 11.9. The molecule has 0 radical (unpaired) electrons. The summed E-state index contributed by atoms with van der Waals surface area (Å²) in [6.45, 7) is 1.50. The Morgan fingerprint density at radius 3 is 2.68 bits per heavy atom. The number of anilines is 1. The van der Waals surface area contributed by atoms with E-state index in [0.29, 0.717) is 17.3 Å². The van der Waals surface area contributed by atoms with E-state index in [1.807, 2.05) is 18.2 Å². The van der Waals surface area contributed by atoms with Crippen molar-refractivity contribution in [3.63, 3.8) is 0 Å². The molecular formula is C15H17N3O4. The number of likely N-dealkylation sites (N-methyl/N-ethyl adjacent to an activating group) is 1. The number of ether oxygens (including phenoxy) is 1. The number of amides is 2. The number of benzene rings is 1. The van der Waals surface area contributed by atoms with Crippen LogP contribution in [0.25, 0.3) is 0 Å². The van der Waals surface area contributed by atoms with E-state index in [2.05, 4.69) is 10.5 Å². The Morgan fingerprint density at radius 2 is 2.05 bits per heavy atom. The van der Waals surface area contributed by atoms with Crippen LogP contribution in [0.1, 0.15) is 5.76 Å². The van der Waals surface area contributed by atoms with Crippen molar-refractivity contribution in [3.05, 3.63) is 42.2 Å². The Hall–Kier alpha value is -2.83. The highest BCUT2D eigenvalue weighted by molar-refractivity contribution is 5.93. The van der Waals surface area contributed by atoms with Crippen molar-refractivity contribution in [3.8, 4) is 5.75 Å². The van der Waals surface area contributed by atoms with Crippen molar-refractivity contribution in [1.29, 1.82) is 0 Å². The van der Waals surface area contributed by atoms with E-state index < -0.39 is 0 Å². The topological polar surface area (TPSA) is 84.7 Å². The summed E-state index contributed by atoms with van der Waals surface area (Å²) in [6.07, 6.45) is 0. The molecule has 0 atom stereocenters. The van der Waals surface area contributed by atoms with Gasteiger partial charge in [0.2, 0.25) is 5.91 Å². The van der Waals surface area contributed by atoms with Crippen molar-refractivity contribution in [2.75, 3.05) is 25.5 Å². The van der Waals surface area contributed by atoms with E-state index in [-0.39, 0.29) is 25.0 Å². The van der Waals surface area contributed by atoms with Gasteiger partial charge in [-0.15, -0.1) is 0 Å². The molecule has 1 aromatic heterocycles. The first-order valence-electron chi connectivity index (χ1n) is 6.69. The highest BCUT2D eigenvalue weighted by Gasteiger charge is 2.14. The minimum Gasteiger partial charge on any atom is -0.484 e. The van der Waals surface area contributed by atoms with E-state index >= 15 is 0 Å². The molecule has 0 bridgehead atoms. The van der Waals surface area contributed by atoms with Gasteiger partial charge in [0.05, 0.1) is 6.54 Å². The van der Waals surface area contributed by atoms with Crippen LogP contribution in [0, 0.1) is 6.92 Å². The molecule has 0 unspecified atom stereocenters. The molecule has 1 heterocycles. The summed E-state index contributed by atoms with van der Waals surface area (Å²) in [5.74, 6) is 0.867. The highest BCUT2D eigenvalue weighted by atomic mass is 16.5. The fourth-order valence-electron chi connectivity index (χ4n) is 1.68. The molecule has 1 N–H and O–H groups in total. The smallest absolute Gasteiger partial charge is 0.260 e. The van der Waals surface area contributed by atoms with Crippen LogP contribution in [0.3, 0.4) is 0 Å². The molecule has 0 spiro atoms. The third-order valence-corrected chi connectivity index (χ3v) is 2.81. The number of aryl methyl sites for hydroxylation is 1. The van der Waals surface area contributed by atoms with Crippen LogP contribution in [0.5, 0.6) is 5.75 Å². The molecule has 22 heavy (non-hydrogen) atoms. The molecule has 0 aliphatic carbocycles. The summed E-state index contributed by atoms with van der Waals surface area (Å²) in [7, 11) is 1.53. The Kier molecular flexibility index (Phi) is 5.13. The zero-order valence-corrected chi connectivity index (χ0v) is 12.4. The van der Waals surface area contributed by atoms with E-state index in [1.54, 1.807) is 25.1 Å². The first-order valence-corrected chi connectivity index (χ1v) is 6.69. The van der Waals surface area contributed by atoms with Crippen molar-refractivity contribution < 1.29 is 18.8 Å². The van der Waals surface area contributed by atoms with E-state index in [0.717, 1.165) is 0 Å². The van der Waals surface area contributed by atoms with Gasteiger partial charge in [-0.05, 0) is 19.1 Å². The third-order valence-electron chi connectivity index (χ3n) is 2.81. The van der Waals surface area contributed by atoms with Crippen LogP contribution in [-0.4, -0.2) is 42.1 Å². The summed E-state index contributed by atoms with van der Waals surface area (Å²) in [4.78, 5) is 25.0.